The predicted octanol–water partition coefficient (Wildman–Crippen LogP) is 3.36. The van der Waals surface area contributed by atoms with Crippen molar-refractivity contribution >= 4 is 33.0 Å². The first-order valence-electron chi connectivity index (χ1n) is 9.01. The molecule has 30 heavy (non-hydrogen) atoms. The zero-order chi connectivity index (χ0) is 21.6. The summed E-state index contributed by atoms with van der Waals surface area (Å²) in [4.78, 5) is 25.1. The Bertz CT molecular complexity index is 1140. The van der Waals surface area contributed by atoms with Crippen molar-refractivity contribution in [2.24, 2.45) is 0 Å². The summed E-state index contributed by atoms with van der Waals surface area (Å²) in [7, 11) is -2.25. The maximum atomic E-state index is 12.7. The molecule has 154 valence electrons. The van der Waals surface area contributed by atoms with Crippen LogP contribution in [0.15, 0.2) is 83.8 Å². The van der Waals surface area contributed by atoms with Crippen LogP contribution in [0.5, 0.6) is 5.75 Å². The molecule has 0 atom stereocenters. The molecule has 0 saturated carbocycles. The normalized spacial score (nSPS) is 10.8. The third-order valence-corrected chi connectivity index (χ3v) is 5.85. The first-order valence-corrected chi connectivity index (χ1v) is 10.7. The number of methoxy groups -OCH3 is 1. The van der Waals surface area contributed by atoms with Crippen molar-refractivity contribution in [3.63, 3.8) is 0 Å². The third kappa shape index (κ3) is 5.24. The first kappa shape index (κ1) is 21.1. The van der Waals surface area contributed by atoms with Crippen molar-refractivity contribution in [3.8, 4) is 5.75 Å². The first-order chi connectivity index (χ1) is 14.4. The van der Waals surface area contributed by atoms with Crippen LogP contribution in [-0.4, -0.2) is 33.1 Å². The Kier molecular flexibility index (Phi) is 6.48. The van der Waals surface area contributed by atoms with Crippen molar-refractivity contribution in [3.05, 3.63) is 84.4 Å². The molecule has 3 aromatic rings. The molecule has 0 heterocycles. The summed E-state index contributed by atoms with van der Waals surface area (Å²) in [5, 5.41) is 5.26. The molecular weight excluding hydrogens is 404 g/mol. The second-order valence-electron chi connectivity index (χ2n) is 6.35. The fraction of sp³-hybridized carbons (Fsp3) is 0.0909. The number of hydrogen-bond donors (Lipinski definition) is 2. The van der Waals surface area contributed by atoms with Gasteiger partial charge in [0.15, 0.2) is 9.84 Å². The van der Waals surface area contributed by atoms with Gasteiger partial charge in [0.25, 0.3) is 5.91 Å². The number of hydrogen-bond acceptors (Lipinski definition) is 5. The number of anilines is 2. The van der Waals surface area contributed by atoms with E-state index in [-0.39, 0.29) is 16.1 Å². The van der Waals surface area contributed by atoms with E-state index in [1.807, 2.05) is 0 Å². The van der Waals surface area contributed by atoms with E-state index in [1.165, 1.54) is 18.2 Å². The average Bonchev–Trinajstić information content (AvgIpc) is 2.75. The van der Waals surface area contributed by atoms with E-state index in [9.17, 15) is 18.0 Å². The van der Waals surface area contributed by atoms with Gasteiger partial charge in [0.05, 0.1) is 23.3 Å². The molecular formula is C22H20N2O5S. The zero-order valence-corrected chi connectivity index (χ0v) is 17.0. The monoisotopic (exact) mass is 424 g/mol. The van der Waals surface area contributed by atoms with Gasteiger partial charge in [-0.25, -0.2) is 8.42 Å². The molecule has 0 aliphatic carbocycles. The highest BCUT2D eigenvalue weighted by Gasteiger charge is 2.20. The Morgan fingerprint density at radius 2 is 1.47 bits per heavy atom. The molecule has 0 aromatic heterocycles. The quantitative estimate of drug-likeness (QED) is 0.606. The molecule has 0 unspecified atom stereocenters. The molecule has 0 aliphatic rings. The van der Waals surface area contributed by atoms with E-state index in [1.54, 1.807) is 67.8 Å². The maximum absolute atomic E-state index is 12.7. The summed E-state index contributed by atoms with van der Waals surface area (Å²) in [5.74, 6) is -1.25. The van der Waals surface area contributed by atoms with Gasteiger partial charge in [-0.3, -0.25) is 9.59 Å². The second kappa shape index (κ2) is 9.23. The standard InChI is InChI=1S/C22H20N2O5S/c1-29-17-13-11-16(12-14-17)23-22(26)19-9-5-6-10-20(19)24-21(25)15-30(27,28)18-7-3-2-4-8-18/h2-14H,15H2,1H3,(H,23,26)(H,24,25). The highest BCUT2D eigenvalue weighted by molar-refractivity contribution is 7.92. The van der Waals surface area contributed by atoms with Gasteiger partial charge in [-0.05, 0) is 48.5 Å². The number of amides is 2. The zero-order valence-electron chi connectivity index (χ0n) is 16.2. The lowest BCUT2D eigenvalue weighted by atomic mass is 10.1. The largest absolute Gasteiger partial charge is 0.497 e. The molecule has 3 rings (SSSR count). The lowest BCUT2D eigenvalue weighted by Gasteiger charge is -2.12. The van der Waals surface area contributed by atoms with Crippen LogP contribution < -0.4 is 15.4 Å². The summed E-state index contributed by atoms with van der Waals surface area (Å²) in [5.41, 5.74) is 0.976. The Morgan fingerprint density at radius 1 is 0.833 bits per heavy atom. The summed E-state index contributed by atoms with van der Waals surface area (Å²) >= 11 is 0. The van der Waals surface area contributed by atoms with Gasteiger partial charge in [-0.2, -0.15) is 0 Å². The number of nitrogens with one attached hydrogen (secondary N) is 2. The SMILES string of the molecule is COc1ccc(NC(=O)c2ccccc2NC(=O)CS(=O)(=O)c2ccccc2)cc1. The van der Waals surface area contributed by atoms with Crippen molar-refractivity contribution in [1.29, 1.82) is 0 Å². The maximum Gasteiger partial charge on any atom is 0.257 e. The van der Waals surface area contributed by atoms with Crippen molar-refractivity contribution in [1.82, 2.24) is 0 Å². The molecule has 0 spiro atoms. The number of para-hydroxylation sites is 1. The van der Waals surface area contributed by atoms with Crippen LogP contribution in [0, 0.1) is 0 Å². The molecule has 3 aromatic carbocycles. The van der Waals surface area contributed by atoms with Crippen molar-refractivity contribution < 1.29 is 22.7 Å². The fourth-order valence-electron chi connectivity index (χ4n) is 2.73. The Labute approximate surface area is 174 Å². The van der Waals surface area contributed by atoms with Gasteiger partial charge >= 0.3 is 0 Å². The van der Waals surface area contributed by atoms with E-state index < -0.39 is 27.4 Å². The highest BCUT2D eigenvalue weighted by atomic mass is 32.2. The fourth-order valence-corrected chi connectivity index (χ4v) is 3.89. The van der Waals surface area contributed by atoms with Crippen LogP contribution in [0.1, 0.15) is 10.4 Å². The second-order valence-corrected chi connectivity index (χ2v) is 8.34. The Morgan fingerprint density at radius 3 is 2.13 bits per heavy atom. The van der Waals surface area contributed by atoms with Gasteiger partial charge in [0, 0.05) is 5.69 Å². The minimum Gasteiger partial charge on any atom is -0.497 e. The number of rotatable bonds is 7. The molecule has 0 saturated heterocycles. The van der Waals surface area contributed by atoms with E-state index in [2.05, 4.69) is 10.6 Å². The molecule has 0 fully saturated rings. The molecule has 8 heteroatoms. The van der Waals surface area contributed by atoms with Crippen LogP contribution in [0.25, 0.3) is 0 Å². The summed E-state index contributed by atoms with van der Waals surface area (Å²) in [6, 6.07) is 20.9. The van der Waals surface area contributed by atoms with E-state index in [4.69, 9.17) is 4.74 Å². The number of benzene rings is 3. The van der Waals surface area contributed by atoms with Crippen molar-refractivity contribution in [2.75, 3.05) is 23.5 Å². The molecule has 0 radical (unpaired) electrons. The van der Waals surface area contributed by atoms with Crippen LogP contribution in [0.2, 0.25) is 0 Å². The topological polar surface area (TPSA) is 102 Å². The van der Waals surface area contributed by atoms with Crippen LogP contribution >= 0.6 is 0 Å². The highest BCUT2D eigenvalue weighted by Crippen LogP contribution is 2.20. The minimum absolute atomic E-state index is 0.0608. The molecule has 0 bridgehead atoms. The van der Waals surface area contributed by atoms with Gasteiger partial charge < -0.3 is 15.4 Å². The Hall–Kier alpha value is -3.65. The molecule has 2 amide bonds. The number of carbonyl (C=O) groups is 2. The smallest absolute Gasteiger partial charge is 0.257 e. The number of sulfone groups is 1. The molecule has 0 aliphatic heterocycles. The van der Waals surface area contributed by atoms with Gasteiger partial charge in [-0.1, -0.05) is 30.3 Å². The average molecular weight is 424 g/mol. The van der Waals surface area contributed by atoms with Crippen LogP contribution in [-0.2, 0) is 14.6 Å². The van der Waals surface area contributed by atoms with Gasteiger partial charge in [0.2, 0.25) is 5.91 Å². The summed E-state index contributed by atoms with van der Waals surface area (Å²) < 4.78 is 29.9. The number of ether oxygens (including phenoxy) is 1. The Balaban J connectivity index is 1.73. The van der Waals surface area contributed by atoms with Gasteiger partial charge in [0.1, 0.15) is 11.5 Å². The molecule has 2 N–H and O–H groups in total. The summed E-state index contributed by atoms with van der Waals surface area (Å²) in [6.45, 7) is 0. The lowest BCUT2D eigenvalue weighted by molar-refractivity contribution is -0.113. The van der Waals surface area contributed by atoms with E-state index in [0.717, 1.165) is 0 Å². The third-order valence-electron chi connectivity index (χ3n) is 4.22. The van der Waals surface area contributed by atoms with E-state index in [0.29, 0.717) is 11.4 Å². The van der Waals surface area contributed by atoms with Crippen LogP contribution in [0.3, 0.4) is 0 Å². The minimum atomic E-state index is -3.79. The van der Waals surface area contributed by atoms with Crippen LogP contribution in [0.4, 0.5) is 11.4 Å². The predicted molar refractivity (Wildman–Crippen MR) is 115 cm³/mol. The lowest BCUT2D eigenvalue weighted by Crippen LogP contribution is -2.24. The number of carbonyl (C=O) groups excluding carboxylic acids is 2. The van der Waals surface area contributed by atoms with Gasteiger partial charge in [-0.15, -0.1) is 0 Å². The molecule has 7 nitrogen and oxygen atoms in total. The van der Waals surface area contributed by atoms with E-state index >= 15 is 0 Å². The summed E-state index contributed by atoms with van der Waals surface area (Å²) in [6.07, 6.45) is 0. The van der Waals surface area contributed by atoms with Crippen molar-refractivity contribution in [2.45, 2.75) is 4.90 Å².